The highest BCUT2D eigenvalue weighted by molar-refractivity contribution is 7.89. The number of fused-ring (bicyclic) bond motifs is 1. The number of aromatic nitrogens is 4. The SMILES string of the molecule is Cc1n[nH]c(N)c1-c1nc2cc(F)c(S(=O)(=O)NCc3ccncc3)cc2s1. The molecule has 4 rings (SSSR count). The van der Waals surface area contributed by atoms with E-state index in [1.165, 1.54) is 17.4 Å². The van der Waals surface area contributed by atoms with Crippen LogP contribution in [-0.4, -0.2) is 28.6 Å². The van der Waals surface area contributed by atoms with Gasteiger partial charge in [-0.2, -0.15) is 5.10 Å². The number of nitrogens with two attached hydrogens (primary N) is 1. The number of nitrogens with one attached hydrogen (secondary N) is 2. The minimum Gasteiger partial charge on any atom is -0.383 e. The maximum absolute atomic E-state index is 14.5. The third kappa shape index (κ3) is 3.35. The van der Waals surface area contributed by atoms with Crippen molar-refractivity contribution in [2.24, 2.45) is 0 Å². The van der Waals surface area contributed by atoms with Crippen LogP contribution in [0.4, 0.5) is 10.2 Å². The van der Waals surface area contributed by atoms with Crippen LogP contribution in [0.15, 0.2) is 41.6 Å². The molecule has 1 aromatic carbocycles. The van der Waals surface area contributed by atoms with Gasteiger partial charge in [0, 0.05) is 25.0 Å². The summed E-state index contributed by atoms with van der Waals surface area (Å²) in [5.74, 6) is -0.521. The molecule has 0 aliphatic carbocycles. The average Bonchev–Trinajstić information content (AvgIpc) is 3.22. The van der Waals surface area contributed by atoms with E-state index in [4.69, 9.17) is 5.73 Å². The number of thiazole rings is 1. The van der Waals surface area contributed by atoms with Crippen molar-refractivity contribution in [2.75, 3.05) is 5.73 Å². The van der Waals surface area contributed by atoms with Crippen LogP contribution in [0.1, 0.15) is 11.3 Å². The number of anilines is 1. The summed E-state index contributed by atoms with van der Waals surface area (Å²) in [7, 11) is -4.05. The van der Waals surface area contributed by atoms with Crippen molar-refractivity contribution in [1.82, 2.24) is 24.9 Å². The summed E-state index contributed by atoms with van der Waals surface area (Å²) in [4.78, 5) is 7.81. The Morgan fingerprint density at radius 1 is 1.29 bits per heavy atom. The molecule has 0 atom stereocenters. The maximum atomic E-state index is 14.5. The molecule has 144 valence electrons. The topological polar surface area (TPSA) is 127 Å². The number of aryl methyl sites for hydroxylation is 1. The van der Waals surface area contributed by atoms with Gasteiger partial charge in [-0.3, -0.25) is 10.1 Å². The summed E-state index contributed by atoms with van der Waals surface area (Å²) < 4.78 is 42.7. The highest BCUT2D eigenvalue weighted by Gasteiger charge is 2.22. The van der Waals surface area contributed by atoms with Gasteiger partial charge in [0.1, 0.15) is 21.5 Å². The predicted molar refractivity (Wildman–Crippen MR) is 105 cm³/mol. The Morgan fingerprint density at radius 2 is 2.04 bits per heavy atom. The van der Waals surface area contributed by atoms with Gasteiger partial charge in [0.15, 0.2) is 0 Å². The second-order valence-corrected chi connectivity index (χ2v) is 8.81. The second kappa shape index (κ2) is 6.93. The van der Waals surface area contributed by atoms with Crippen LogP contribution in [0.3, 0.4) is 0 Å². The molecule has 0 amide bonds. The first-order valence-corrected chi connectivity index (χ1v) is 10.4. The fraction of sp³-hybridized carbons (Fsp3) is 0.118. The van der Waals surface area contributed by atoms with Crippen LogP contribution >= 0.6 is 11.3 Å². The first-order valence-electron chi connectivity index (χ1n) is 8.14. The summed E-state index contributed by atoms with van der Waals surface area (Å²) in [6.07, 6.45) is 3.11. The van der Waals surface area contributed by atoms with E-state index in [9.17, 15) is 12.8 Å². The molecule has 8 nitrogen and oxygen atoms in total. The first-order chi connectivity index (χ1) is 13.3. The largest absolute Gasteiger partial charge is 0.383 e. The van der Waals surface area contributed by atoms with Crippen molar-refractivity contribution in [3.05, 3.63) is 53.7 Å². The molecule has 28 heavy (non-hydrogen) atoms. The number of sulfonamides is 1. The number of nitrogens with zero attached hydrogens (tertiary/aromatic N) is 3. The molecule has 3 aromatic heterocycles. The van der Waals surface area contributed by atoms with Crippen LogP contribution in [0.5, 0.6) is 0 Å². The molecular weight excluding hydrogens is 403 g/mol. The number of benzene rings is 1. The molecule has 0 bridgehead atoms. The van der Waals surface area contributed by atoms with Gasteiger partial charge in [-0.05, 0) is 30.7 Å². The Balaban J connectivity index is 1.70. The summed E-state index contributed by atoms with van der Waals surface area (Å²) in [5, 5.41) is 7.23. The smallest absolute Gasteiger partial charge is 0.243 e. The Bertz CT molecular complexity index is 1250. The normalized spacial score (nSPS) is 11.9. The second-order valence-electron chi connectivity index (χ2n) is 6.05. The monoisotopic (exact) mass is 418 g/mol. The number of nitrogen functional groups attached to an aromatic ring is 1. The van der Waals surface area contributed by atoms with E-state index < -0.39 is 20.7 Å². The summed E-state index contributed by atoms with van der Waals surface area (Å²) in [6, 6.07) is 5.75. The van der Waals surface area contributed by atoms with Gasteiger partial charge in [-0.15, -0.1) is 11.3 Å². The van der Waals surface area contributed by atoms with Crippen molar-refractivity contribution in [2.45, 2.75) is 18.4 Å². The fourth-order valence-corrected chi connectivity index (χ4v) is 4.99. The zero-order valence-corrected chi connectivity index (χ0v) is 16.2. The first kappa shape index (κ1) is 18.5. The van der Waals surface area contributed by atoms with Crippen molar-refractivity contribution >= 4 is 37.4 Å². The molecule has 0 aliphatic heterocycles. The van der Waals surface area contributed by atoms with Crippen LogP contribution in [0, 0.1) is 12.7 Å². The summed E-state index contributed by atoms with van der Waals surface area (Å²) in [5.41, 5.74) is 8.23. The molecule has 3 heterocycles. The molecule has 0 unspecified atom stereocenters. The molecule has 4 aromatic rings. The summed E-state index contributed by atoms with van der Waals surface area (Å²) in [6.45, 7) is 1.80. The van der Waals surface area contributed by atoms with Gasteiger partial charge < -0.3 is 5.73 Å². The highest BCUT2D eigenvalue weighted by atomic mass is 32.2. The van der Waals surface area contributed by atoms with E-state index >= 15 is 0 Å². The Kier molecular flexibility index (Phi) is 4.57. The van der Waals surface area contributed by atoms with Gasteiger partial charge in [0.25, 0.3) is 0 Å². The third-order valence-corrected chi connectivity index (χ3v) is 6.59. The number of hydrogen-bond acceptors (Lipinski definition) is 7. The predicted octanol–water partition coefficient (Wildman–Crippen LogP) is 2.59. The lowest BCUT2D eigenvalue weighted by molar-refractivity contribution is 0.558. The van der Waals surface area contributed by atoms with Crippen molar-refractivity contribution in [3.63, 3.8) is 0 Å². The van der Waals surface area contributed by atoms with Gasteiger partial charge >= 0.3 is 0 Å². The third-order valence-electron chi connectivity index (χ3n) is 4.14. The molecule has 11 heteroatoms. The van der Waals surface area contributed by atoms with E-state index in [0.717, 1.165) is 6.07 Å². The number of aromatic amines is 1. The molecule has 0 aliphatic rings. The van der Waals surface area contributed by atoms with Crippen LogP contribution < -0.4 is 10.5 Å². The van der Waals surface area contributed by atoms with Gasteiger partial charge in [0.05, 0.1) is 21.5 Å². The molecule has 0 radical (unpaired) electrons. The summed E-state index contributed by atoms with van der Waals surface area (Å²) >= 11 is 1.22. The van der Waals surface area contributed by atoms with Crippen LogP contribution in [-0.2, 0) is 16.6 Å². The molecule has 0 saturated heterocycles. The Morgan fingerprint density at radius 3 is 2.71 bits per heavy atom. The van der Waals surface area contributed by atoms with Gasteiger partial charge in [-0.1, -0.05) is 0 Å². The van der Waals surface area contributed by atoms with E-state index in [1.807, 2.05) is 0 Å². The quantitative estimate of drug-likeness (QED) is 0.457. The zero-order chi connectivity index (χ0) is 19.9. The Hall–Kier alpha value is -2.89. The Labute approximate surface area is 163 Å². The van der Waals surface area contributed by atoms with Crippen molar-refractivity contribution < 1.29 is 12.8 Å². The number of rotatable bonds is 5. The van der Waals surface area contributed by atoms with E-state index in [2.05, 4.69) is 24.9 Å². The number of H-pyrrole nitrogens is 1. The number of pyridine rings is 1. The minimum absolute atomic E-state index is 0.0288. The standard InChI is InChI=1S/C17H15FN6O2S2/c1-9-15(16(19)24-23-9)17-22-12-6-11(18)14(7-13(12)27-17)28(25,26)21-8-10-2-4-20-5-3-10/h2-7,21H,8H2,1H3,(H3,19,23,24). The number of hydrogen-bond donors (Lipinski definition) is 3. The van der Waals surface area contributed by atoms with Crippen LogP contribution in [0.25, 0.3) is 20.8 Å². The fourth-order valence-electron chi connectivity index (χ4n) is 2.72. The lowest BCUT2D eigenvalue weighted by Crippen LogP contribution is -2.24. The molecule has 0 fully saturated rings. The minimum atomic E-state index is -4.05. The van der Waals surface area contributed by atoms with E-state index in [1.54, 1.807) is 31.5 Å². The lowest BCUT2D eigenvalue weighted by Gasteiger charge is -2.07. The molecule has 0 spiro atoms. The molecule has 0 saturated carbocycles. The highest BCUT2D eigenvalue weighted by Crippen LogP contribution is 2.36. The lowest BCUT2D eigenvalue weighted by atomic mass is 10.2. The van der Waals surface area contributed by atoms with Crippen LogP contribution in [0.2, 0.25) is 0 Å². The zero-order valence-electron chi connectivity index (χ0n) is 14.6. The maximum Gasteiger partial charge on any atom is 0.243 e. The van der Waals surface area contributed by atoms with Gasteiger partial charge in [-0.25, -0.2) is 22.5 Å². The molecular formula is C17H15FN6O2S2. The van der Waals surface area contributed by atoms with E-state index in [0.29, 0.717) is 37.9 Å². The van der Waals surface area contributed by atoms with E-state index in [-0.39, 0.29) is 6.54 Å². The van der Waals surface area contributed by atoms with Gasteiger partial charge in [0.2, 0.25) is 10.0 Å². The average molecular weight is 418 g/mol. The van der Waals surface area contributed by atoms with Crippen molar-refractivity contribution in [3.8, 4) is 10.6 Å². The number of halogens is 1. The van der Waals surface area contributed by atoms with Crippen molar-refractivity contribution in [1.29, 1.82) is 0 Å². The molecule has 4 N–H and O–H groups in total.